The maximum atomic E-state index is 11.5. The Balaban J connectivity index is 2.40. The first kappa shape index (κ1) is 11.0. The van der Waals surface area contributed by atoms with E-state index in [9.17, 15) is 9.59 Å². The molecule has 0 aliphatic carbocycles. The van der Waals surface area contributed by atoms with Gasteiger partial charge in [-0.05, 0) is 6.92 Å². The molecule has 2 nitrogen and oxygen atoms in total. The Hall–Kier alpha value is -1.09. The molecule has 0 heterocycles. The van der Waals surface area contributed by atoms with Gasteiger partial charge in [-0.1, -0.05) is 42.1 Å². The van der Waals surface area contributed by atoms with Gasteiger partial charge < -0.3 is 0 Å². The van der Waals surface area contributed by atoms with Crippen molar-refractivity contribution in [2.45, 2.75) is 13.3 Å². The highest BCUT2D eigenvalue weighted by Crippen LogP contribution is 2.12. The van der Waals surface area contributed by atoms with Gasteiger partial charge in [0.15, 0.2) is 0 Å². The number of carbonyl (C=O) groups is 2. The largest absolute Gasteiger partial charge is 0.300 e. The van der Waals surface area contributed by atoms with E-state index in [2.05, 4.69) is 0 Å². The molecule has 1 aromatic rings. The number of rotatable bonds is 4. The summed E-state index contributed by atoms with van der Waals surface area (Å²) in [7, 11) is 0. The van der Waals surface area contributed by atoms with Crippen LogP contribution in [0.4, 0.5) is 0 Å². The van der Waals surface area contributed by atoms with Crippen LogP contribution in [0.2, 0.25) is 0 Å². The van der Waals surface area contributed by atoms with Crippen molar-refractivity contribution >= 4 is 22.7 Å². The molecule has 0 radical (unpaired) electrons. The number of benzene rings is 1. The minimum absolute atomic E-state index is 0.0341. The van der Waals surface area contributed by atoms with Gasteiger partial charge in [0.25, 0.3) is 0 Å². The number of Topliss-reactive ketones (excluding diaryl/α,β-unsaturated/α-hetero) is 1. The summed E-state index contributed by atoms with van der Waals surface area (Å²) < 4.78 is 0. The fourth-order valence-electron chi connectivity index (χ4n) is 0.945. The highest BCUT2D eigenvalue weighted by molar-refractivity contribution is 8.14. The molecular weight excluding hydrogens is 196 g/mol. The third kappa shape index (κ3) is 3.75. The minimum Gasteiger partial charge on any atom is -0.300 e. The van der Waals surface area contributed by atoms with E-state index in [0.717, 1.165) is 0 Å². The molecule has 14 heavy (non-hydrogen) atoms. The Morgan fingerprint density at radius 1 is 1.21 bits per heavy atom. The van der Waals surface area contributed by atoms with E-state index < -0.39 is 0 Å². The van der Waals surface area contributed by atoms with Gasteiger partial charge in [-0.3, -0.25) is 9.59 Å². The van der Waals surface area contributed by atoms with Gasteiger partial charge in [-0.2, -0.15) is 0 Å². The number of hydrogen-bond acceptors (Lipinski definition) is 3. The second-order valence-corrected chi connectivity index (χ2v) is 4.02. The molecule has 1 aromatic carbocycles. The molecule has 0 N–H and O–H groups in total. The van der Waals surface area contributed by atoms with Gasteiger partial charge in [-0.25, -0.2) is 0 Å². The van der Waals surface area contributed by atoms with Crippen LogP contribution in [0.5, 0.6) is 0 Å². The highest BCUT2D eigenvalue weighted by Gasteiger charge is 2.05. The van der Waals surface area contributed by atoms with Crippen LogP contribution in [0.1, 0.15) is 23.7 Å². The van der Waals surface area contributed by atoms with E-state index in [4.69, 9.17) is 0 Å². The van der Waals surface area contributed by atoms with Gasteiger partial charge in [0, 0.05) is 17.7 Å². The van der Waals surface area contributed by atoms with Crippen LogP contribution in [0.25, 0.3) is 0 Å². The maximum absolute atomic E-state index is 11.5. The first-order valence-corrected chi connectivity index (χ1v) is 5.40. The summed E-state index contributed by atoms with van der Waals surface area (Å²) >= 11 is 1.20. The summed E-state index contributed by atoms with van der Waals surface area (Å²) in [5.74, 6) is 0.696. The number of carbonyl (C=O) groups excluding carboxylic acids is 2. The second kappa shape index (κ2) is 5.60. The Labute approximate surface area is 87.7 Å². The van der Waals surface area contributed by atoms with Crippen molar-refractivity contribution in [2.24, 2.45) is 0 Å². The lowest BCUT2D eigenvalue weighted by atomic mass is 10.2. The zero-order valence-corrected chi connectivity index (χ0v) is 8.84. The molecule has 0 saturated carbocycles. The van der Waals surface area contributed by atoms with E-state index >= 15 is 0 Å². The number of thioether (sulfide) groups is 1. The SMILES string of the molecule is CC(=O)CCSC(=O)c1ccccc1. The van der Waals surface area contributed by atoms with E-state index in [1.54, 1.807) is 12.1 Å². The van der Waals surface area contributed by atoms with Crippen molar-refractivity contribution in [3.8, 4) is 0 Å². The average molecular weight is 208 g/mol. The van der Waals surface area contributed by atoms with Crippen molar-refractivity contribution in [1.82, 2.24) is 0 Å². The molecule has 0 aliphatic heterocycles. The molecule has 0 atom stereocenters. The van der Waals surface area contributed by atoms with Crippen molar-refractivity contribution in [3.05, 3.63) is 35.9 Å². The van der Waals surface area contributed by atoms with Gasteiger partial charge in [0.05, 0.1) is 0 Å². The third-order valence-electron chi connectivity index (χ3n) is 1.70. The van der Waals surface area contributed by atoms with Gasteiger partial charge in [0.2, 0.25) is 5.12 Å². The summed E-state index contributed by atoms with van der Waals surface area (Å²) in [4.78, 5) is 22.1. The first-order valence-electron chi connectivity index (χ1n) is 4.42. The fraction of sp³-hybridized carbons (Fsp3) is 0.273. The monoisotopic (exact) mass is 208 g/mol. The summed E-state index contributed by atoms with van der Waals surface area (Å²) in [6, 6.07) is 9.10. The molecule has 74 valence electrons. The molecular formula is C11H12O2S. The first-order chi connectivity index (χ1) is 6.70. The molecule has 0 amide bonds. The molecule has 1 rings (SSSR count). The summed E-state index contributed by atoms with van der Waals surface area (Å²) in [6.45, 7) is 1.54. The lowest BCUT2D eigenvalue weighted by molar-refractivity contribution is -0.116. The number of ketones is 1. The fourth-order valence-corrected chi connectivity index (χ4v) is 1.82. The molecule has 0 saturated heterocycles. The zero-order chi connectivity index (χ0) is 10.4. The van der Waals surface area contributed by atoms with Gasteiger partial charge in [-0.15, -0.1) is 0 Å². The summed E-state index contributed by atoms with van der Waals surface area (Å²) in [5.41, 5.74) is 0.695. The minimum atomic E-state index is 0.0341. The smallest absolute Gasteiger partial charge is 0.219 e. The third-order valence-corrected chi connectivity index (χ3v) is 2.60. The second-order valence-electron chi connectivity index (χ2n) is 2.95. The lowest BCUT2D eigenvalue weighted by Gasteiger charge is -1.98. The van der Waals surface area contributed by atoms with E-state index in [1.807, 2.05) is 18.2 Å². The Kier molecular flexibility index (Phi) is 4.40. The molecule has 0 spiro atoms. The summed E-state index contributed by atoms with van der Waals surface area (Å²) in [6.07, 6.45) is 0.462. The van der Waals surface area contributed by atoms with Crippen LogP contribution < -0.4 is 0 Å². The topological polar surface area (TPSA) is 34.1 Å². The Morgan fingerprint density at radius 3 is 2.43 bits per heavy atom. The Bertz CT molecular complexity index is 319. The molecule has 0 aliphatic rings. The molecule has 0 bridgehead atoms. The predicted molar refractivity (Wildman–Crippen MR) is 58.5 cm³/mol. The highest BCUT2D eigenvalue weighted by atomic mass is 32.2. The van der Waals surface area contributed by atoms with Crippen molar-refractivity contribution in [2.75, 3.05) is 5.75 Å². The van der Waals surface area contributed by atoms with Gasteiger partial charge >= 0.3 is 0 Å². The number of hydrogen-bond donors (Lipinski definition) is 0. The zero-order valence-electron chi connectivity index (χ0n) is 8.03. The van der Waals surface area contributed by atoms with Crippen LogP contribution in [0.3, 0.4) is 0 Å². The van der Waals surface area contributed by atoms with Crippen LogP contribution in [-0.4, -0.2) is 16.7 Å². The van der Waals surface area contributed by atoms with Gasteiger partial charge in [0.1, 0.15) is 5.78 Å². The maximum Gasteiger partial charge on any atom is 0.219 e. The molecule has 0 unspecified atom stereocenters. The Morgan fingerprint density at radius 2 is 1.86 bits per heavy atom. The van der Waals surface area contributed by atoms with Crippen LogP contribution in [-0.2, 0) is 4.79 Å². The van der Waals surface area contributed by atoms with Crippen LogP contribution in [0.15, 0.2) is 30.3 Å². The lowest BCUT2D eigenvalue weighted by Crippen LogP contribution is -1.97. The predicted octanol–water partition coefficient (Wildman–Crippen LogP) is 2.54. The molecule has 3 heteroatoms. The van der Waals surface area contributed by atoms with E-state index in [0.29, 0.717) is 17.7 Å². The summed E-state index contributed by atoms with van der Waals surface area (Å²) in [5, 5.41) is 0.0341. The molecule has 0 fully saturated rings. The quantitative estimate of drug-likeness (QED) is 0.762. The normalized spacial score (nSPS) is 9.79. The van der Waals surface area contributed by atoms with E-state index in [1.165, 1.54) is 18.7 Å². The van der Waals surface area contributed by atoms with E-state index in [-0.39, 0.29) is 10.9 Å². The average Bonchev–Trinajstić information content (AvgIpc) is 2.18. The van der Waals surface area contributed by atoms with Crippen molar-refractivity contribution < 1.29 is 9.59 Å². The van der Waals surface area contributed by atoms with Crippen molar-refractivity contribution in [1.29, 1.82) is 0 Å². The molecule has 0 aromatic heterocycles. The van der Waals surface area contributed by atoms with Crippen molar-refractivity contribution in [3.63, 3.8) is 0 Å². The standard InChI is InChI=1S/C11H12O2S/c1-9(12)7-8-14-11(13)10-5-3-2-4-6-10/h2-6H,7-8H2,1H3. The van der Waals surface area contributed by atoms with Crippen LogP contribution in [0, 0.1) is 0 Å². The van der Waals surface area contributed by atoms with Crippen LogP contribution >= 0.6 is 11.8 Å².